The molecule has 1 saturated heterocycles. The predicted octanol–water partition coefficient (Wildman–Crippen LogP) is 2.30. The van der Waals surface area contributed by atoms with Crippen LogP contribution in [0.15, 0.2) is 0 Å². The van der Waals surface area contributed by atoms with E-state index in [1.165, 1.54) is 6.42 Å². The second kappa shape index (κ2) is 7.61. The molecule has 9 nitrogen and oxygen atoms in total. The fraction of sp³-hybridized carbons (Fsp3) is 0.733. The molecule has 1 saturated carbocycles. The van der Waals surface area contributed by atoms with E-state index in [4.69, 9.17) is 10.5 Å². The van der Waals surface area contributed by atoms with E-state index in [1.54, 1.807) is 0 Å². The van der Waals surface area contributed by atoms with E-state index in [2.05, 4.69) is 20.6 Å². The Labute approximate surface area is 140 Å². The first-order valence-corrected chi connectivity index (χ1v) is 8.57. The minimum absolute atomic E-state index is 0.122. The summed E-state index contributed by atoms with van der Waals surface area (Å²) in [7, 11) is 0. The van der Waals surface area contributed by atoms with Gasteiger partial charge in [-0.2, -0.15) is 9.97 Å². The molecule has 0 radical (unpaired) electrons. The lowest BCUT2D eigenvalue weighted by molar-refractivity contribution is -0.383. The summed E-state index contributed by atoms with van der Waals surface area (Å²) < 4.78 is 5.55. The van der Waals surface area contributed by atoms with Gasteiger partial charge in [-0.1, -0.05) is 19.3 Å². The number of nitrogens with one attached hydrogen (secondary N) is 2. The Morgan fingerprint density at radius 3 is 2.67 bits per heavy atom. The van der Waals surface area contributed by atoms with Crippen LogP contribution in [0.25, 0.3) is 0 Å². The van der Waals surface area contributed by atoms with Crippen LogP contribution in [0.4, 0.5) is 23.3 Å². The number of ether oxygens (including phenoxy) is 1. The monoisotopic (exact) mass is 336 g/mol. The molecular weight excluding hydrogens is 312 g/mol. The Morgan fingerprint density at radius 2 is 2.00 bits per heavy atom. The molecule has 1 unspecified atom stereocenters. The molecule has 24 heavy (non-hydrogen) atoms. The summed E-state index contributed by atoms with van der Waals surface area (Å²) in [5, 5.41) is 17.6. The van der Waals surface area contributed by atoms with Gasteiger partial charge in [0.05, 0.1) is 11.0 Å². The van der Waals surface area contributed by atoms with Gasteiger partial charge in [-0.15, -0.1) is 0 Å². The number of nitrogens with two attached hydrogens (primary N) is 1. The zero-order chi connectivity index (χ0) is 16.9. The van der Waals surface area contributed by atoms with Crippen LogP contribution in [-0.2, 0) is 4.74 Å². The standard InChI is InChI=1S/C15H24N6O3/c16-13-12(21(22)23)14(18-10-5-2-1-3-6-10)20-15(19-13)17-9-11-7-4-8-24-11/h10-11H,1-9H2,(H4,16,17,18,19,20). The maximum Gasteiger partial charge on any atom is 0.353 e. The van der Waals surface area contributed by atoms with Gasteiger partial charge in [0.15, 0.2) is 0 Å². The first-order chi connectivity index (χ1) is 11.6. The fourth-order valence-electron chi connectivity index (χ4n) is 3.28. The molecule has 4 N–H and O–H groups in total. The SMILES string of the molecule is Nc1nc(NCC2CCCO2)nc(NC2CCCCC2)c1[N+](=O)[O-]. The lowest BCUT2D eigenvalue weighted by Crippen LogP contribution is -2.25. The quantitative estimate of drug-likeness (QED) is 0.533. The number of anilines is 3. The normalized spacial score (nSPS) is 21.6. The highest BCUT2D eigenvalue weighted by Crippen LogP contribution is 2.31. The summed E-state index contributed by atoms with van der Waals surface area (Å²) in [5.41, 5.74) is 5.56. The average molecular weight is 336 g/mol. The van der Waals surface area contributed by atoms with E-state index in [1.807, 2.05) is 0 Å². The molecule has 0 spiro atoms. The van der Waals surface area contributed by atoms with Crippen molar-refractivity contribution in [1.82, 2.24) is 9.97 Å². The van der Waals surface area contributed by atoms with Gasteiger partial charge in [-0.25, -0.2) is 0 Å². The van der Waals surface area contributed by atoms with Crippen molar-refractivity contribution in [2.24, 2.45) is 0 Å². The summed E-state index contributed by atoms with van der Waals surface area (Å²) in [4.78, 5) is 19.1. The van der Waals surface area contributed by atoms with Crippen molar-refractivity contribution in [3.8, 4) is 0 Å². The van der Waals surface area contributed by atoms with Crippen molar-refractivity contribution in [1.29, 1.82) is 0 Å². The molecular formula is C15H24N6O3. The van der Waals surface area contributed by atoms with Gasteiger partial charge in [0, 0.05) is 19.2 Å². The summed E-state index contributed by atoms with van der Waals surface area (Å²) >= 11 is 0. The van der Waals surface area contributed by atoms with Gasteiger partial charge >= 0.3 is 5.69 Å². The smallest absolute Gasteiger partial charge is 0.353 e. The molecule has 132 valence electrons. The first kappa shape index (κ1) is 16.7. The van der Waals surface area contributed by atoms with Crippen LogP contribution >= 0.6 is 0 Å². The number of nitro groups is 1. The molecule has 1 atom stereocenters. The third-order valence-electron chi connectivity index (χ3n) is 4.55. The van der Waals surface area contributed by atoms with Crippen molar-refractivity contribution in [3.05, 3.63) is 10.1 Å². The second-order valence-electron chi connectivity index (χ2n) is 6.38. The Kier molecular flexibility index (Phi) is 5.29. The highest BCUT2D eigenvalue weighted by molar-refractivity contribution is 5.70. The lowest BCUT2D eigenvalue weighted by atomic mass is 9.95. The van der Waals surface area contributed by atoms with Crippen LogP contribution in [0.1, 0.15) is 44.9 Å². The first-order valence-electron chi connectivity index (χ1n) is 8.57. The lowest BCUT2D eigenvalue weighted by Gasteiger charge is -2.23. The number of rotatable bonds is 6. The minimum Gasteiger partial charge on any atom is -0.378 e. The van der Waals surface area contributed by atoms with Gasteiger partial charge in [0.2, 0.25) is 17.6 Å². The molecule has 1 aliphatic carbocycles. The van der Waals surface area contributed by atoms with Gasteiger partial charge in [0.1, 0.15) is 0 Å². The van der Waals surface area contributed by atoms with Crippen molar-refractivity contribution < 1.29 is 9.66 Å². The predicted molar refractivity (Wildman–Crippen MR) is 91.1 cm³/mol. The van der Waals surface area contributed by atoms with E-state index >= 15 is 0 Å². The number of nitrogen functional groups attached to an aromatic ring is 1. The zero-order valence-corrected chi connectivity index (χ0v) is 13.7. The Hall–Kier alpha value is -2.16. The van der Waals surface area contributed by atoms with Crippen LogP contribution in [0.3, 0.4) is 0 Å². The van der Waals surface area contributed by atoms with Crippen LogP contribution in [0.2, 0.25) is 0 Å². The van der Waals surface area contributed by atoms with Crippen LogP contribution < -0.4 is 16.4 Å². The highest BCUT2D eigenvalue weighted by atomic mass is 16.6. The fourth-order valence-corrected chi connectivity index (χ4v) is 3.28. The molecule has 1 aromatic rings. The molecule has 2 heterocycles. The number of hydrogen-bond acceptors (Lipinski definition) is 8. The topological polar surface area (TPSA) is 128 Å². The third-order valence-corrected chi connectivity index (χ3v) is 4.55. The number of nitrogens with zero attached hydrogens (tertiary/aromatic N) is 3. The number of aromatic nitrogens is 2. The van der Waals surface area contributed by atoms with Crippen molar-refractivity contribution >= 4 is 23.3 Å². The van der Waals surface area contributed by atoms with Crippen molar-refractivity contribution in [2.75, 3.05) is 29.5 Å². The van der Waals surface area contributed by atoms with Crippen LogP contribution in [-0.4, -0.2) is 40.2 Å². The molecule has 1 aromatic heterocycles. The van der Waals surface area contributed by atoms with Crippen molar-refractivity contribution in [2.45, 2.75) is 57.1 Å². The maximum atomic E-state index is 11.3. The minimum atomic E-state index is -0.523. The molecule has 1 aliphatic heterocycles. The van der Waals surface area contributed by atoms with E-state index in [9.17, 15) is 10.1 Å². The summed E-state index contributed by atoms with van der Waals surface area (Å²) in [6.07, 6.45) is 7.58. The zero-order valence-electron chi connectivity index (χ0n) is 13.7. The van der Waals surface area contributed by atoms with Gasteiger partial charge in [0.25, 0.3) is 0 Å². The third kappa shape index (κ3) is 4.02. The summed E-state index contributed by atoms with van der Waals surface area (Å²) in [5.74, 6) is 0.379. The number of hydrogen-bond donors (Lipinski definition) is 3. The van der Waals surface area contributed by atoms with Crippen LogP contribution in [0.5, 0.6) is 0 Å². The maximum absolute atomic E-state index is 11.3. The molecule has 3 rings (SSSR count). The Balaban J connectivity index is 1.75. The van der Waals surface area contributed by atoms with Gasteiger partial charge < -0.3 is 21.1 Å². The summed E-state index contributed by atoms with van der Waals surface area (Å²) in [6, 6.07) is 0.192. The molecule has 2 fully saturated rings. The molecule has 2 aliphatic rings. The van der Waals surface area contributed by atoms with Gasteiger partial charge in [-0.05, 0) is 25.7 Å². The Bertz CT molecular complexity index is 585. The van der Waals surface area contributed by atoms with E-state index in [0.717, 1.165) is 45.1 Å². The summed E-state index contributed by atoms with van der Waals surface area (Å²) in [6.45, 7) is 1.34. The van der Waals surface area contributed by atoms with Crippen LogP contribution in [0, 0.1) is 10.1 Å². The Morgan fingerprint density at radius 1 is 1.21 bits per heavy atom. The van der Waals surface area contributed by atoms with Gasteiger partial charge in [-0.3, -0.25) is 10.1 Å². The van der Waals surface area contributed by atoms with Crippen molar-refractivity contribution in [3.63, 3.8) is 0 Å². The average Bonchev–Trinajstić information content (AvgIpc) is 3.06. The van der Waals surface area contributed by atoms with E-state index < -0.39 is 4.92 Å². The molecule has 9 heteroatoms. The molecule has 0 bridgehead atoms. The molecule has 0 amide bonds. The molecule has 0 aromatic carbocycles. The van der Waals surface area contributed by atoms with E-state index in [-0.39, 0.29) is 29.5 Å². The highest BCUT2D eigenvalue weighted by Gasteiger charge is 2.26. The second-order valence-corrected chi connectivity index (χ2v) is 6.38. The van der Waals surface area contributed by atoms with E-state index in [0.29, 0.717) is 12.5 Å². The largest absolute Gasteiger partial charge is 0.378 e.